The Balaban J connectivity index is 1.37. The summed E-state index contributed by atoms with van der Waals surface area (Å²) in [5, 5.41) is 10.1. The molecule has 2 aromatic rings. The number of benzene rings is 2. The predicted molar refractivity (Wildman–Crippen MR) is 107 cm³/mol. The van der Waals surface area contributed by atoms with E-state index in [4.69, 9.17) is 4.74 Å². The molecule has 2 aliphatic carbocycles. The third-order valence-electron chi connectivity index (χ3n) is 7.33. The minimum Gasteiger partial charge on any atom is -0.508 e. The number of phenolic OH excluding ortho intramolecular Hbond substituents is 1. The van der Waals surface area contributed by atoms with Crippen molar-refractivity contribution in [2.75, 3.05) is 19.7 Å². The number of rotatable bonds is 4. The first kappa shape index (κ1) is 17.1. The Morgan fingerprint density at radius 2 is 1.96 bits per heavy atom. The number of ether oxygens (including phenoxy) is 1. The lowest BCUT2D eigenvalue weighted by Gasteiger charge is -2.59. The van der Waals surface area contributed by atoms with Gasteiger partial charge in [-0.25, -0.2) is 0 Å². The first-order chi connectivity index (χ1) is 13.3. The van der Waals surface area contributed by atoms with Gasteiger partial charge < -0.3 is 9.84 Å². The Bertz CT molecular complexity index is 805. The summed E-state index contributed by atoms with van der Waals surface area (Å²) in [6.07, 6.45) is 7.64. The second kappa shape index (κ2) is 6.87. The molecule has 3 nitrogen and oxygen atoms in total. The van der Waals surface area contributed by atoms with E-state index in [1.807, 2.05) is 36.4 Å². The molecule has 0 unspecified atom stereocenters. The zero-order valence-electron chi connectivity index (χ0n) is 15.9. The summed E-state index contributed by atoms with van der Waals surface area (Å²) in [4.78, 5) is 2.69. The summed E-state index contributed by atoms with van der Waals surface area (Å²) < 4.78 is 5.99. The molecule has 1 saturated carbocycles. The number of aromatic hydroxyl groups is 1. The van der Waals surface area contributed by atoms with Gasteiger partial charge >= 0.3 is 0 Å². The summed E-state index contributed by atoms with van der Waals surface area (Å²) >= 11 is 0. The van der Waals surface area contributed by atoms with Gasteiger partial charge in [0.15, 0.2) is 0 Å². The van der Waals surface area contributed by atoms with E-state index >= 15 is 0 Å². The molecule has 2 fully saturated rings. The van der Waals surface area contributed by atoms with E-state index in [2.05, 4.69) is 17.0 Å². The molecule has 27 heavy (non-hydrogen) atoms. The van der Waals surface area contributed by atoms with E-state index in [0.29, 0.717) is 17.2 Å². The number of para-hydroxylation sites is 1. The maximum absolute atomic E-state index is 10.1. The summed E-state index contributed by atoms with van der Waals surface area (Å²) in [7, 11) is 0. The van der Waals surface area contributed by atoms with Crippen molar-refractivity contribution in [1.82, 2.24) is 4.90 Å². The van der Waals surface area contributed by atoms with E-state index in [9.17, 15) is 5.11 Å². The van der Waals surface area contributed by atoms with Crippen molar-refractivity contribution in [1.29, 1.82) is 0 Å². The van der Waals surface area contributed by atoms with Crippen LogP contribution in [0, 0.1) is 5.92 Å². The SMILES string of the molecule is Oc1ccc2c(c1)[C@]13CCCC[C@H]1[C@@H](C2)N(CCOc1ccccc1)CC3. The van der Waals surface area contributed by atoms with E-state index < -0.39 is 0 Å². The largest absolute Gasteiger partial charge is 0.508 e. The lowest BCUT2D eigenvalue weighted by atomic mass is 9.52. The van der Waals surface area contributed by atoms with Gasteiger partial charge in [0, 0.05) is 18.0 Å². The number of piperidine rings is 1. The van der Waals surface area contributed by atoms with Gasteiger partial charge in [0.05, 0.1) is 0 Å². The molecule has 0 radical (unpaired) electrons. The Hall–Kier alpha value is -2.00. The van der Waals surface area contributed by atoms with Crippen LogP contribution in [0.4, 0.5) is 0 Å². The minimum absolute atomic E-state index is 0.298. The molecule has 0 amide bonds. The molecule has 1 N–H and O–H groups in total. The van der Waals surface area contributed by atoms with E-state index in [-0.39, 0.29) is 0 Å². The molecule has 1 saturated heterocycles. The van der Waals surface area contributed by atoms with E-state index in [1.165, 1.54) is 43.2 Å². The molecule has 2 aromatic carbocycles. The summed E-state index contributed by atoms with van der Waals surface area (Å²) in [6.45, 7) is 2.90. The highest BCUT2D eigenvalue weighted by Gasteiger charge is 2.53. The first-order valence-electron chi connectivity index (χ1n) is 10.5. The smallest absolute Gasteiger partial charge is 0.119 e. The van der Waals surface area contributed by atoms with Gasteiger partial charge in [-0.05, 0) is 73.5 Å². The molecular formula is C24H29NO2. The van der Waals surface area contributed by atoms with E-state index in [0.717, 1.165) is 37.8 Å². The first-order valence-corrected chi connectivity index (χ1v) is 10.5. The van der Waals surface area contributed by atoms with Crippen LogP contribution < -0.4 is 4.74 Å². The van der Waals surface area contributed by atoms with Crippen molar-refractivity contribution in [3.05, 3.63) is 59.7 Å². The van der Waals surface area contributed by atoms with Crippen molar-refractivity contribution in [3.63, 3.8) is 0 Å². The Kier molecular flexibility index (Phi) is 4.35. The molecule has 0 aromatic heterocycles. The van der Waals surface area contributed by atoms with Crippen LogP contribution in [0.15, 0.2) is 48.5 Å². The van der Waals surface area contributed by atoms with Crippen LogP contribution in [-0.2, 0) is 11.8 Å². The fraction of sp³-hybridized carbons (Fsp3) is 0.500. The average Bonchev–Trinajstić information content (AvgIpc) is 2.71. The third kappa shape index (κ3) is 2.93. The Morgan fingerprint density at radius 1 is 1.07 bits per heavy atom. The van der Waals surface area contributed by atoms with Gasteiger partial charge in [0.25, 0.3) is 0 Å². The van der Waals surface area contributed by atoms with Gasteiger partial charge in [-0.3, -0.25) is 4.90 Å². The highest BCUT2D eigenvalue weighted by atomic mass is 16.5. The number of hydrogen-bond donors (Lipinski definition) is 1. The third-order valence-corrected chi connectivity index (χ3v) is 7.33. The summed E-state index contributed by atoms with van der Waals surface area (Å²) in [5.74, 6) is 2.13. The van der Waals surface area contributed by atoms with Crippen molar-refractivity contribution in [3.8, 4) is 11.5 Å². The number of likely N-dealkylation sites (tertiary alicyclic amines) is 1. The van der Waals surface area contributed by atoms with Crippen LogP contribution in [0.25, 0.3) is 0 Å². The normalized spacial score (nSPS) is 29.6. The Morgan fingerprint density at radius 3 is 2.85 bits per heavy atom. The second-order valence-corrected chi connectivity index (χ2v) is 8.57. The van der Waals surface area contributed by atoms with Crippen LogP contribution in [-0.4, -0.2) is 35.7 Å². The highest BCUT2D eigenvalue weighted by Crippen LogP contribution is 2.56. The lowest BCUT2D eigenvalue weighted by molar-refractivity contribution is -0.0162. The van der Waals surface area contributed by atoms with Gasteiger partial charge in [0.2, 0.25) is 0 Å². The average molecular weight is 364 g/mol. The standard InChI is InChI=1S/C24H29NO2/c26-19-10-9-18-16-23-21-8-4-5-11-24(21,22(18)17-19)12-13-25(23)14-15-27-20-6-2-1-3-7-20/h1-3,6-7,9-10,17,21,23,26H,4-5,8,11-16H2/t21-,23+,24-/m0/s1. The zero-order chi connectivity index (χ0) is 18.3. The Labute approximate surface area is 162 Å². The van der Waals surface area contributed by atoms with Crippen LogP contribution >= 0.6 is 0 Å². The quantitative estimate of drug-likeness (QED) is 0.866. The highest BCUT2D eigenvalue weighted by molar-refractivity contribution is 5.45. The van der Waals surface area contributed by atoms with Crippen molar-refractivity contribution in [2.45, 2.75) is 50.0 Å². The van der Waals surface area contributed by atoms with Crippen molar-refractivity contribution >= 4 is 0 Å². The number of hydrogen-bond acceptors (Lipinski definition) is 3. The fourth-order valence-corrected chi connectivity index (χ4v) is 6.15. The van der Waals surface area contributed by atoms with Crippen LogP contribution in [0.5, 0.6) is 11.5 Å². The molecule has 1 aliphatic heterocycles. The second-order valence-electron chi connectivity index (χ2n) is 8.57. The molecule has 5 rings (SSSR count). The number of fused-ring (bicyclic) bond motifs is 1. The van der Waals surface area contributed by atoms with Crippen LogP contribution in [0.2, 0.25) is 0 Å². The van der Waals surface area contributed by atoms with Crippen molar-refractivity contribution < 1.29 is 9.84 Å². The number of phenols is 1. The van der Waals surface area contributed by atoms with E-state index in [1.54, 1.807) is 0 Å². The predicted octanol–water partition coefficient (Wildman–Crippen LogP) is 4.53. The molecule has 142 valence electrons. The van der Waals surface area contributed by atoms with Crippen molar-refractivity contribution in [2.24, 2.45) is 5.92 Å². The molecular weight excluding hydrogens is 334 g/mol. The van der Waals surface area contributed by atoms with Crippen LogP contribution in [0.1, 0.15) is 43.2 Å². The van der Waals surface area contributed by atoms with Crippen LogP contribution in [0.3, 0.4) is 0 Å². The van der Waals surface area contributed by atoms with Gasteiger partial charge in [0.1, 0.15) is 18.1 Å². The monoisotopic (exact) mass is 363 g/mol. The van der Waals surface area contributed by atoms with Gasteiger partial charge in [-0.1, -0.05) is 37.1 Å². The lowest BCUT2D eigenvalue weighted by Crippen LogP contribution is -2.61. The topological polar surface area (TPSA) is 32.7 Å². The minimum atomic E-state index is 0.298. The molecule has 3 aliphatic rings. The van der Waals surface area contributed by atoms with Gasteiger partial charge in [-0.2, -0.15) is 0 Å². The zero-order valence-corrected chi connectivity index (χ0v) is 15.9. The molecule has 1 heterocycles. The van der Waals surface area contributed by atoms with Gasteiger partial charge in [-0.15, -0.1) is 0 Å². The summed E-state index contributed by atoms with van der Waals surface area (Å²) in [5.41, 5.74) is 3.22. The molecule has 3 atom stereocenters. The molecule has 3 heteroatoms. The summed E-state index contributed by atoms with van der Waals surface area (Å²) in [6, 6.07) is 16.9. The molecule has 0 spiro atoms. The number of nitrogens with zero attached hydrogens (tertiary/aromatic N) is 1. The fourth-order valence-electron chi connectivity index (χ4n) is 6.15. The maximum Gasteiger partial charge on any atom is 0.119 e. The molecule has 2 bridgehead atoms. The maximum atomic E-state index is 10.1.